The Hall–Kier alpha value is -1.69. The maximum atomic E-state index is 12.9. The molecule has 0 saturated carbocycles. The van der Waals surface area contributed by atoms with Crippen LogP contribution in [0.5, 0.6) is 0 Å². The lowest BCUT2D eigenvalue weighted by Gasteiger charge is -2.29. The molecule has 1 aliphatic rings. The molecule has 2 unspecified atom stereocenters. The van der Waals surface area contributed by atoms with Gasteiger partial charge < -0.3 is 15.0 Å². The van der Waals surface area contributed by atoms with Gasteiger partial charge in [0, 0.05) is 25.2 Å². The van der Waals surface area contributed by atoms with Gasteiger partial charge in [0.25, 0.3) is 0 Å². The maximum Gasteiger partial charge on any atom is 0.410 e. The lowest BCUT2D eigenvalue weighted by Crippen LogP contribution is -2.44. The number of nitrogens with zero attached hydrogens (tertiary/aromatic N) is 2. The molecule has 1 aliphatic heterocycles. The quantitative estimate of drug-likeness (QED) is 0.924. The van der Waals surface area contributed by atoms with Crippen LogP contribution in [0.2, 0.25) is 0 Å². The highest BCUT2D eigenvalue weighted by atomic mass is 19.1. The molecule has 0 radical (unpaired) electrons. The van der Waals surface area contributed by atoms with Crippen LogP contribution in [-0.4, -0.2) is 40.7 Å². The number of aromatic nitrogens is 1. The topological polar surface area (TPSA) is 54.5 Å². The number of hydrogen-bond acceptors (Lipinski definition) is 4. The fraction of sp³-hybridized carbons (Fsp3) is 0.647. The van der Waals surface area contributed by atoms with Crippen molar-refractivity contribution in [2.24, 2.45) is 0 Å². The lowest BCUT2D eigenvalue weighted by atomic mass is 10.1. The number of amides is 1. The summed E-state index contributed by atoms with van der Waals surface area (Å²) in [5, 5.41) is 3.37. The minimum absolute atomic E-state index is 0.00307. The molecule has 1 N–H and O–H groups in total. The van der Waals surface area contributed by atoms with Crippen molar-refractivity contribution in [2.45, 2.75) is 58.2 Å². The van der Waals surface area contributed by atoms with Crippen LogP contribution in [0.15, 0.2) is 18.3 Å². The van der Waals surface area contributed by atoms with Gasteiger partial charge >= 0.3 is 6.09 Å². The number of halogens is 1. The molecule has 1 amide bonds. The molecule has 0 aromatic carbocycles. The standard InChI is InChI=1S/C17H26FN3O2/c1-12(15-8-7-13(18)10-20-15)19-11-14-6-5-9-21(14)16(22)23-17(2,3)4/h7-8,10,12,14,19H,5-6,9,11H2,1-4H3. The van der Waals surface area contributed by atoms with Crippen LogP contribution in [0.3, 0.4) is 0 Å². The van der Waals surface area contributed by atoms with Crippen molar-refractivity contribution in [1.29, 1.82) is 0 Å². The van der Waals surface area contributed by atoms with Gasteiger partial charge in [-0.15, -0.1) is 0 Å². The monoisotopic (exact) mass is 323 g/mol. The van der Waals surface area contributed by atoms with E-state index in [1.165, 1.54) is 12.3 Å². The van der Waals surface area contributed by atoms with Crippen molar-refractivity contribution in [2.75, 3.05) is 13.1 Å². The Kier molecular flexibility index (Phi) is 5.57. The second kappa shape index (κ2) is 7.25. The number of hydrogen-bond donors (Lipinski definition) is 1. The average molecular weight is 323 g/mol. The normalized spacial score (nSPS) is 19.7. The van der Waals surface area contributed by atoms with E-state index in [0.29, 0.717) is 6.54 Å². The van der Waals surface area contributed by atoms with Gasteiger partial charge in [0.2, 0.25) is 0 Å². The zero-order chi connectivity index (χ0) is 17.0. The molecule has 2 atom stereocenters. The Bertz CT molecular complexity index is 528. The Morgan fingerprint density at radius 1 is 1.52 bits per heavy atom. The van der Waals surface area contributed by atoms with Crippen LogP contribution in [0.25, 0.3) is 0 Å². The molecule has 6 heteroatoms. The van der Waals surface area contributed by atoms with E-state index in [2.05, 4.69) is 10.3 Å². The smallest absolute Gasteiger partial charge is 0.410 e. The Labute approximate surface area is 137 Å². The Morgan fingerprint density at radius 2 is 2.26 bits per heavy atom. The summed E-state index contributed by atoms with van der Waals surface area (Å²) < 4.78 is 18.4. The van der Waals surface area contributed by atoms with Crippen molar-refractivity contribution in [3.63, 3.8) is 0 Å². The minimum Gasteiger partial charge on any atom is -0.444 e. The van der Waals surface area contributed by atoms with E-state index in [-0.39, 0.29) is 24.0 Å². The zero-order valence-corrected chi connectivity index (χ0v) is 14.3. The lowest BCUT2D eigenvalue weighted by molar-refractivity contribution is 0.0225. The first-order valence-corrected chi connectivity index (χ1v) is 8.11. The second-order valence-corrected chi connectivity index (χ2v) is 7.00. The molecule has 1 aromatic heterocycles. The summed E-state index contributed by atoms with van der Waals surface area (Å²) in [7, 11) is 0. The van der Waals surface area contributed by atoms with Crippen LogP contribution in [0.1, 0.15) is 52.3 Å². The van der Waals surface area contributed by atoms with Gasteiger partial charge in [-0.25, -0.2) is 9.18 Å². The summed E-state index contributed by atoms with van der Waals surface area (Å²) in [5.41, 5.74) is 0.302. The molecule has 2 heterocycles. The van der Waals surface area contributed by atoms with Crippen LogP contribution >= 0.6 is 0 Å². The predicted octanol–water partition coefficient (Wildman–Crippen LogP) is 3.27. The van der Waals surface area contributed by atoms with Crippen LogP contribution in [0, 0.1) is 5.82 Å². The van der Waals surface area contributed by atoms with Crippen molar-refractivity contribution in [3.8, 4) is 0 Å². The first-order valence-electron chi connectivity index (χ1n) is 8.11. The van der Waals surface area contributed by atoms with Crippen molar-refractivity contribution in [3.05, 3.63) is 29.8 Å². The number of nitrogens with one attached hydrogen (secondary N) is 1. The number of rotatable bonds is 4. The van der Waals surface area contributed by atoms with Crippen molar-refractivity contribution < 1.29 is 13.9 Å². The van der Waals surface area contributed by atoms with Crippen molar-refractivity contribution in [1.82, 2.24) is 15.2 Å². The molecule has 2 rings (SSSR count). The molecule has 5 nitrogen and oxygen atoms in total. The Morgan fingerprint density at radius 3 is 2.87 bits per heavy atom. The molecular weight excluding hydrogens is 297 g/mol. The molecule has 0 spiro atoms. The highest BCUT2D eigenvalue weighted by Crippen LogP contribution is 2.21. The summed E-state index contributed by atoms with van der Waals surface area (Å²) in [6.07, 6.45) is 2.90. The highest BCUT2D eigenvalue weighted by Gasteiger charge is 2.32. The van der Waals surface area contributed by atoms with Gasteiger partial charge in [0.05, 0.1) is 11.9 Å². The molecule has 1 aromatic rings. The van der Waals surface area contributed by atoms with Gasteiger partial charge in [-0.05, 0) is 52.7 Å². The first kappa shape index (κ1) is 17.7. The maximum absolute atomic E-state index is 12.9. The number of ether oxygens (including phenoxy) is 1. The SMILES string of the molecule is CC(NCC1CCCN1C(=O)OC(C)(C)C)c1ccc(F)cn1. The first-order chi connectivity index (χ1) is 10.8. The van der Waals surface area contributed by atoms with E-state index in [0.717, 1.165) is 25.1 Å². The van der Waals surface area contributed by atoms with E-state index in [1.54, 1.807) is 11.0 Å². The fourth-order valence-corrected chi connectivity index (χ4v) is 2.67. The minimum atomic E-state index is -0.483. The van der Waals surface area contributed by atoms with Gasteiger partial charge in [0.1, 0.15) is 11.4 Å². The third-order valence-electron chi connectivity index (χ3n) is 3.86. The predicted molar refractivity (Wildman–Crippen MR) is 86.6 cm³/mol. The summed E-state index contributed by atoms with van der Waals surface area (Å²) in [4.78, 5) is 18.1. The van der Waals surface area contributed by atoms with Gasteiger partial charge in [-0.3, -0.25) is 4.98 Å². The summed E-state index contributed by atoms with van der Waals surface area (Å²) >= 11 is 0. The molecule has 128 valence electrons. The van der Waals surface area contributed by atoms with E-state index < -0.39 is 5.60 Å². The highest BCUT2D eigenvalue weighted by molar-refractivity contribution is 5.69. The molecule has 0 aliphatic carbocycles. The third kappa shape index (κ3) is 5.16. The van der Waals surface area contributed by atoms with Gasteiger partial charge in [-0.1, -0.05) is 0 Å². The van der Waals surface area contributed by atoms with Crippen molar-refractivity contribution >= 4 is 6.09 Å². The largest absolute Gasteiger partial charge is 0.444 e. The second-order valence-electron chi connectivity index (χ2n) is 7.00. The van der Waals surface area contributed by atoms with E-state index in [9.17, 15) is 9.18 Å². The fourth-order valence-electron chi connectivity index (χ4n) is 2.67. The number of pyridine rings is 1. The van der Waals surface area contributed by atoms with Crippen LogP contribution < -0.4 is 5.32 Å². The Balaban J connectivity index is 1.88. The summed E-state index contributed by atoms with van der Waals surface area (Å²) in [5.74, 6) is -0.340. The van der Waals surface area contributed by atoms with E-state index >= 15 is 0 Å². The number of carbonyl (C=O) groups excluding carboxylic acids is 1. The average Bonchev–Trinajstić information content (AvgIpc) is 2.92. The molecular formula is C17H26FN3O2. The summed E-state index contributed by atoms with van der Waals surface area (Å²) in [6.45, 7) is 8.99. The molecule has 0 bridgehead atoms. The number of likely N-dealkylation sites (tertiary alicyclic amines) is 1. The molecule has 1 fully saturated rings. The number of carbonyl (C=O) groups is 1. The molecule has 1 saturated heterocycles. The third-order valence-corrected chi connectivity index (χ3v) is 3.86. The van der Waals surface area contributed by atoms with E-state index in [4.69, 9.17) is 4.74 Å². The zero-order valence-electron chi connectivity index (χ0n) is 14.3. The van der Waals surface area contributed by atoms with Crippen LogP contribution in [0.4, 0.5) is 9.18 Å². The van der Waals surface area contributed by atoms with Gasteiger partial charge in [0.15, 0.2) is 0 Å². The molecule has 23 heavy (non-hydrogen) atoms. The van der Waals surface area contributed by atoms with E-state index in [1.807, 2.05) is 27.7 Å². The van der Waals surface area contributed by atoms with Crippen LogP contribution in [-0.2, 0) is 4.74 Å². The summed E-state index contributed by atoms with van der Waals surface area (Å²) in [6, 6.07) is 3.19. The van der Waals surface area contributed by atoms with Gasteiger partial charge in [-0.2, -0.15) is 0 Å².